The molecule has 22 heavy (non-hydrogen) atoms. The molecule has 0 radical (unpaired) electrons. The van der Waals surface area contributed by atoms with E-state index in [0.717, 1.165) is 41.6 Å². The molecule has 0 atom stereocenters. The third-order valence-corrected chi connectivity index (χ3v) is 3.73. The lowest BCUT2D eigenvalue weighted by Crippen LogP contribution is -2.32. The van der Waals surface area contributed by atoms with Crippen LogP contribution in [0, 0.1) is 0 Å². The molecule has 2 N–H and O–H groups in total. The van der Waals surface area contributed by atoms with Crippen LogP contribution in [0.2, 0.25) is 5.02 Å². The van der Waals surface area contributed by atoms with Crippen molar-refractivity contribution >= 4 is 34.5 Å². The Bertz CT molecular complexity index is 710. The number of fused-ring (bicyclic) bond motifs is 2. The molecule has 0 fully saturated rings. The second kappa shape index (κ2) is 6.38. The number of nitrogens with one attached hydrogen (secondary N) is 2. The van der Waals surface area contributed by atoms with E-state index in [0.29, 0.717) is 5.02 Å². The van der Waals surface area contributed by atoms with E-state index in [4.69, 9.17) is 16.6 Å². The minimum Gasteiger partial charge on any atom is -0.368 e. The molecule has 0 saturated heterocycles. The Morgan fingerprint density at radius 2 is 1.95 bits per heavy atom. The fourth-order valence-corrected chi connectivity index (χ4v) is 2.53. The SMILES string of the molecule is CN(C)CCNC1=Nc2cc(Cl)ccc2Nc2ccccc21. The Kier molecular flexibility index (Phi) is 4.32. The second-order valence-electron chi connectivity index (χ2n) is 5.52. The quantitative estimate of drug-likeness (QED) is 0.909. The topological polar surface area (TPSA) is 39.7 Å². The summed E-state index contributed by atoms with van der Waals surface area (Å²) >= 11 is 6.11. The van der Waals surface area contributed by atoms with Gasteiger partial charge in [0.15, 0.2) is 0 Å². The van der Waals surface area contributed by atoms with Gasteiger partial charge in [0.05, 0.1) is 11.4 Å². The molecule has 0 spiro atoms. The minimum atomic E-state index is 0.683. The molecule has 114 valence electrons. The van der Waals surface area contributed by atoms with E-state index in [1.807, 2.05) is 30.3 Å². The Balaban J connectivity index is 1.99. The number of halogens is 1. The average Bonchev–Trinajstić information content (AvgIpc) is 2.63. The summed E-state index contributed by atoms with van der Waals surface area (Å²) in [6, 6.07) is 13.9. The lowest BCUT2D eigenvalue weighted by molar-refractivity contribution is 0.413. The largest absolute Gasteiger partial charge is 0.368 e. The standard InChI is InChI=1S/C17H19ClN4/c1-22(2)10-9-19-17-13-5-3-4-6-14(13)20-15-8-7-12(18)11-16(15)21-17/h3-8,11,20H,9-10H2,1-2H3,(H,19,21). The van der Waals surface area contributed by atoms with Gasteiger partial charge in [0, 0.05) is 29.4 Å². The van der Waals surface area contributed by atoms with E-state index < -0.39 is 0 Å². The number of likely N-dealkylation sites (N-methyl/N-ethyl adjacent to an activating group) is 1. The van der Waals surface area contributed by atoms with Gasteiger partial charge in [-0.3, -0.25) is 0 Å². The monoisotopic (exact) mass is 314 g/mol. The van der Waals surface area contributed by atoms with Crippen molar-refractivity contribution in [3.63, 3.8) is 0 Å². The fraction of sp³-hybridized carbons (Fsp3) is 0.235. The van der Waals surface area contributed by atoms with Crippen LogP contribution in [0.4, 0.5) is 17.1 Å². The molecule has 0 saturated carbocycles. The molecule has 2 aromatic rings. The van der Waals surface area contributed by atoms with E-state index in [2.05, 4.69) is 41.8 Å². The van der Waals surface area contributed by atoms with Crippen LogP contribution in [-0.4, -0.2) is 37.9 Å². The van der Waals surface area contributed by atoms with Gasteiger partial charge >= 0.3 is 0 Å². The molecule has 0 bridgehead atoms. The summed E-state index contributed by atoms with van der Waals surface area (Å²) in [6.45, 7) is 1.77. The maximum atomic E-state index is 6.11. The minimum absolute atomic E-state index is 0.683. The van der Waals surface area contributed by atoms with Crippen LogP contribution in [0.5, 0.6) is 0 Å². The molecule has 1 heterocycles. The Morgan fingerprint density at radius 3 is 2.77 bits per heavy atom. The lowest BCUT2D eigenvalue weighted by Gasteiger charge is -2.14. The summed E-state index contributed by atoms with van der Waals surface area (Å²) < 4.78 is 0. The normalized spacial score (nSPS) is 12.8. The molecule has 0 amide bonds. The average molecular weight is 315 g/mol. The summed E-state index contributed by atoms with van der Waals surface area (Å²) in [5, 5.41) is 7.55. The van der Waals surface area contributed by atoms with Gasteiger partial charge in [-0.05, 0) is 44.4 Å². The van der Waals surface area contributed by atoms with Gasteiger partial charge in [-0.1, -0.05) is 23.7 Å². The van der Waals surface area contributed by atoms with Crippen LogP contribution in [0.1, 0.15) is 5.56 Å². The molecule has 0 aromatic heterocycles. The van der Waals surface area contributed by atoms with Gasteiger partial charge in [-0.2, -0.15) is 0 Å². The number of amidine groups is 1. The number of rotatable bonds is 3. The Morgan fingerprint density at radius 1 is 1.14 bits per heavy atom. The molecule has 0 unspecified atom stereocenters. The number of para-hydroxylation sites is 1. The molecule has 5 heteroatoms. The van der Waals surface area contributed by atoms with Crippen molar-refractivity contribution in [2.24, 2.45) is 4.99 Å². The highest BCUT2D eigenvalue weighted by Gasteiger charge is 2.15. The number of hydrogen-bond acceptors (Lipinski definition) is 4. The number of hydrogen-bond donors (Lipinski definition) is 2. The van der Waals surface area contributed by atoms with E-state index >= 15 is 0 Å². The predicted octanol–water partition coefficient (Wildman–Crippen LogP) is 3.63. The molecule has 3 rings (SSSR count). The number of benzene rings is 2. The van der Waals surface area contributed by atoms with Crippen molar-refractivity contribution in [2.45, 2.75) is 0 Å². The summed E-state index contributed by atoms with van der Waals surface area (Å²) in [5.74, 6) is 0.867. The van der Waals surface area contributed by atoms with Gasteiger partial charge < -0.3 is 15.5 Å². The van der Waals surface area contributed by atoms with Gasteiger partial charge in [-0.25, -0.2) is 4.99 Å². The molecule has 1 aliphatic heterocycles. The summed E-state index contributed by atoms with van der Waals surface area (Å²) in [6.07, 6.45) is 0. The predicted molar refractivity (Wildman–Crippen MR) is 93.9 cm³/mol. The zero-order valence-electron chi connectivity index (χ0n) is 12.7. The van der Waals surface area contributed by atoms with E-state index in [9.17, 15) is 0 Å². The highest BCUT2D eigenvalue weighted by Crippen LogP contribution is 2.35. The Labute approximate surface area is 135 Å². The zero-order chi connectivity index (χ0) is 15.5. The molecular weight excluding hydrogens is 296 g/mol. The molecule has 0 aliphatic carbocycles. The van der Waals surface area contributed by atoms with Gasteiger partial charge in [0.1, 0.15) is 5.84 Å². The molecule has 4 nitrogen and oxygen atoms in total. The Hall–Kier alpha value is -2.04. The summed E-state index contributed by atoms with van der Waals surface area (Å²) in [5.41, 5.74) is 3.91. The summed E-state index contributed by atoms with van der Waals surface area (Å²) in [4.78, 5) is 6.92. The van der Waals surface area contributed by atoms with E-state index in [1.165, 1.54) is 0 Å². The molecular formula is C17H19ClN4. The first kappa shape index (κ1) is 14.9. The van der Waals surface area contributed by atoms with Crippen LogP contribution < -0.4 is 10.6 Å². The van der Waals surface area contributed by atoms with Crippen molar-refractivity contribution in [3.8, 4) is 0 Å². The smallest absolute Gasteiger partial charge is 0.136 e. The van der Waals surface area contributed by atoms with Crippen molar-refractivity contribution in [1.82, 2.24) is 10.2 Å². The van der Waals surface area contributed by atoms with Crippen LogP contribution in [0.25, 0.3) is 0 Å². The van der Waals surface area contributed by atoms with Crippen molar-refractivity contribution in [2.75, 3.05) is 32.5 Å². The first-order valence-corrected chi connectivity index (χ1v) is 7.64. The van der Waals surface area contributed by atoms with Crippen molar-refractivity contribution < 1.29 is 0 Å². The van der Waals surface area contributed by atoms with Crippen molar-refractivity contribution in [1.29, 1.82) is 0 Å². The maximum absolute atomic E-state index is 6.11. The van der Waals surface area contributed by atoms with Gasteiger partial charge in [0.2, 0.25) is 0 Å². The van der Waals surface area contributed by atoms with Crippen molar-refractivity contribution in [3.05, 3.63) is 53.1 Å². The third kappa shape index (κ3) is 3.24. The maximum Gasteiger partial charge on any atom is 0.136 e. The number of aliphatic imine (C=N–C) groups is 1. The van der Waals surface area contributed by atoms with Crippen LogP contribution in [0.3, 0.4) is 0 Å². The third-order valence-electron chi connectivity index (χ3n) is 3.50. The van der Waals surface area contributed by atoms with E-state index in [-0.39, 0.29) is 0 Å². The van der Waals surface area contributed by atoms with Crippen LogP contribution in [0.15, 0.2) is 47.5 Å². The molecule has 2 aromatic carbocycles. The fourth-order valence-electron chi connectivity index (χ4n) is 2.36. The first-order chi connectivity index (χ1) is 10.6. The van der Waals surface area contributed by atoms with E-state index in [1.54, 1.807) is 0 Å². The van der Waals surface area contributed by atoms with Crippen LogP contribution >= 0.6 is 11.6 Å². The van der Waals surface area contributed by atoms with Gasteiger partial charge in [-0.15, -0.1) is 0 Å². The molecule has 1 aliphatic rings. The lowest BCUT2D eigenvalue weighted by atomic mass is 10.1. The first-order valence-electron chi connectivity index (χ1n) is 7.27. The van der Waals surface area contributed by atoms with Crippen LogP contribution in [-0.2, 0) is 0 Å². The highest BCUT2D eigenvalue weighted by atomic mass is 35.5. The highest BCUT2D eigenvalue weighted by molar-refractivity contribution is 6.31. The zero-order valence-corrected chi connectivity index (χ0v) is 13.5. The second-order valence-corrected chi connectivity index (χ2v) is 5.96. The number of anilines is 2. The van der Waals surface area contributed by atoms with Gasteiger partial charge in [0.25, 0.3) is 0 Å². The summed E-state index contributed by atoms with van der Waals surface area (Å²) in [7, 11) is 4.11. The number of nitrogens with zero attached hydrogens (tertiary/aromatic N) is 2.